The summed E-state index contributed by atoms with van der Waals surface area (Å²) in [5.41, 5.74) is 0.957. The Balaban J connectivity index is 1.84. The molecule has 1 fully saturated rings. The van der Waals surface area contributed by atoms with Crippen molar-refractivity contribution in [1.82, 2.24) is 20.5 Å². The van der Waals surface area contributed by atoms with Gasteiger partial charge in [0.2, 0.25) is 5.91 Å². The minimum absolute atomic E-state index is 0.0683. The molecule has 7 heteroatoms. The molecule has 22 heavy (non-hydrogen) atoms. The first-order chi connectivity index (χ1) is 10.5. The van der Waals surface area contributed by atoms with E-state index in [4.69, 9.17) is 23.2 Å². The van der Waals surface area contributed by atoms with Gasteiger partial charge < -0.3 is 10.6 Å². The number of carbonyl (C=O) groups is 1. The molecule has 0 aliphatic carbocycles. The normalized spacial score (nSPS) is 18.2. The number of piperidine rings is 1. The average molecular weight is 345 g/mol. The van der Waals surface area contributed by atoms with Crippen LogP contribution in [-0.4, -0.2) is 48.5 Å². The summed E-state index contributed by atoms with van der Waals surface area (Å²) < 4.78 is 0. The Morgan fingerprint density at radius 1 is 1.41 bits per heavy atom. The number of hydrogen-bond donors (Lipinski definition) is 2. The smallest absolute Gasteiger partial charge is 0.233 e. The fourth-order valence-electron chi connectivity index (χ4n) is 2.73. The van der Waals surface area contributed by atoms with E-state index in [9.17, 15) is 4.79 Å². The maximum atomic E-state index is 11.4. The average Bonchev–Trinajstić information content (AvgIpc) is 2.49. The van der Waals surface area contributed by atoms with Gasteiger partial charge in [-0.3, -0.25) is 9.69 Å². The lowest BCUT2D eigenvalue weighted by Gasteiger charge is -2.33. The summed E-state index contributed by atoms with van der Waals surface area (Å²) in [6.07, 6.45) is 2.03. The molecular formula is C15H22Cl2N4O. The van der Waals surface area contributed by atoms with Crippen LogP contribution in [0.1, 0.15) is 31.4 Å². The molecule has 1 amide bonds. The van der Waals surface area contributed by atoms with Gasteiger partial charge in [0, 0.05) is 37.8 Å². The molecular weight excluding hydrogens is 323 g/mol. The van der Waals surface area contributed by atoms with Gasteiger partial charge in [-0.25, -0.2) is 4.98 Å². The zero-order valence-electron chi connectivity index (χ0n) is 12.9. The van der Waals surface area contributed by atoms with Crippen LogP contribution in [0.2, 0.25) is 10.3 Å². The van der Waals surface area contributed by atoms with E-state index in [0.717, 1.165) is 31.5 Å². The van der Waals surface area contributed by atoms with E-state index in [1.807, 2.05) is 6.07 Å². The van der Waals surface area contributed by atoms with Gasteiger partial charge in [-0.2, -0.15) is 0 Å². The molecule has 1 atom stereocenters. The largest absolute Gasteiger partial charge is 0.358 e. The van der Waals surface area contributed by atoms with Gasteiger partial charge in [-0.05, 0) is 25.8 Å². The van der Waals surface area contributed by atoms with Crippen molar-refractivity contribution in [3.8, 4) is 0 Å². The summed E-state index contributed by atoms with van der Waals surface area (Å²) in [4.78, 5) is 17.6. The molecule has 0 radical (unpaired) electrons. The van der Waals surface area contributed by atoms with E-state index >= 15 is 0 Å². The van der Waals surface area contributed by atoms with Gasteiger partial charge in [-0.15, -0.1) is 0 Å². The Kier molecular flexibility index (Phi) is 6.44. The Morgan fingerprint density at radius 2 is 2.09 bits per heavy atom. The van der Waals surface area contributed by atoms with Crippen LogP contribution in [0.15, 0.2) is 12.1 Å². The minimum Gasteiger partial charge on any atom is -0.358 e. The highest BCUT2D eigenvalue weighted by molar-refractivity contribution is 6.32. The van der Waals surface area contributed by atoms with E-state index in [-0.39, 0.29) is 11.9 Å². The number of nitrogens with one attached hydrogen (secondary N) is 2. The zero-order chi connectivity index (χ0) is 16.1. The number of pyridine rings is 1. The van der Waals surface area contributed by atoms with Crippen LogP contribution in [0.3, 0.4) is 0 Å². The third-order valence-corrected chi connectivity index (χ3v) is 4.54. The standard InChI is InChI=1S/C15H22Cl2N4O/c1-10(12-3-4-13(16)20-15(12)17)19-11-5-7-21(8-6-11)9-14(22)18-2/h3-4,10-11,19H,5-9H2,1-2H3,(H,18,22). The van der Waals surface area contributed by atoms with Gasteiger partial charge in [0.15, 0.2) is 0 Å². The van der Waals surface area contributed by atoms with E-state index < -0.39 is 0 Å². The number of aromatic nitrogens is 1. The fraction of sp³-hybridized carbons (Fsp3) is 0.600. The van der Waals surface area contributed by atoms with E-state index in [2.05, 4.69) is 27.4 Å². The van der Waals surface area contributed by atoms with Crippen molar-refractivity contribution >= 4 is 29.1 Å². The number of likely N-dealkylation sites (N-methyl/N-ethyl adjacent to an activating group) is 1. The highest BCUT2D eigenvalue weighted by atomic mass is 35.5. The highest BCUT2D eigenvalue weighted by Crippen LogP contribution is 2.24. The lowest BCUT2D eigenvalue weighted by molar-refractivity contribution is -0.122. The molecule has 0 spiro atoms. The van der Waals surface area contributed by atoms with Crippen molar-refractivity contribution in [3.63, 3.8) is 0 Å². The third kappa shape index (κ3) is 4.81. The summed E-state index contributed by atoms with van der Waals surface area (Å²) >= 11 is 12.0. The SMILES string of the molecule is CNC(=O)CN1CCC(NC(C)c2ccc(Cl)nc2Cl)CC1. The monoisotopic (exact) mass is 344 g/mol. The van der Waals surface area contributed by atoms with Crippen LogP contribution in [0, 0.1) is 0 Å². The van der Waals surface area contributed by atoms with Crippen molar-refractivity contribution in [2.45, 2.75) is 31.8 Å². The second-order valence-corrected chi connectivity index (χ2v) is 6.37. The Hall–Kier alpha value is -0.880. The Morgan fingerprint density at radius 3 is 2.68 bits per heavy atom. The molecule has 0 bridgehead atoms. The molecule has 0 aromatic carbocycles. The van der Waals surface area contributed by atoms with E-state index in [1.54, 1.807) is 13.1 Å². The van der Waals surface area contributed by atoms with Crippen molar-refractivity contribution in [1.29, 1.82) is 0 Å². The lowest BCUT2D eigenvalue weighted by Crippen LogP contribution is -2.46. The van der Waals surface area contributed by atoms with Crippen LogP contribution in [0.25, 0.3) is 0 Å². The van der Waals surface area contributed by atoms with E-state index in [1.165, 1.54) is 0 Å². The van der Waals surface area contributed by atoms with E-state index in [0.29, 0.717) is 22.9 Å². The number of amides is 1. The molecule has 5 nitrogen and oxygen atoms in total. The van der Waals surface area contributed by atoms with Gasteiger partial charge in [0.25, 0.3) is 0 Å². The molecule has 1 aliphatic heterocycles. The molecule has 1 aliphatic rings. The fourth-order valence-corrected chi connectivity index (χ4v) is 3.24. The third-order valence-electron chi connectivity index (χ3n) is 4.03. The van der Waals surface area contributed by atoms with Crippen LogP contribution in [0.5, 0.6) is 0 Å². The maximum absolute atomic E-state index is 11.4. The first-order valence-corrected chi connectivity index (χ1v) is 8.26. The maximum Gasteiger partial charge on any atom is 0.233 e. The first kappa shape index (κ1) is 17.5. The van der Waals surface area contributed by atoms with Crippen molar-refractivity contribution < 1.29 is 4.79 Å². The second-order valence-electron chi connectivity index (χ2n) is 5.63. The summed E-state index contributed by atoms with van der Waals surface area (Å²) in [6.45, 7) is 4.40. The number of hydrogen-bond acceptors (Lipinski definition) is 4. The lowest BCUT2D eigenvalue weighted by atomic mass is 10.0. The van der Waals surface area contributed by atoms with Crippen LogP contribution < -0.4 is 10.6 Å². The number of nitrogens with zero attached hydrogens (tertiary/aromatic N) is 2. The van der Waals surface area contributed by atoms with Gasteiger partial charge in [0.1, 0.15) is 10.3 Å². The number of carbonyl (C=O) groups excluding carboxylic acids is 1. The molecule has 0 saturated carbocycles. The van der Waals surface area contributed by atoms with Crippen molar-refractivity contribution in [2.24, 2.45) is 0 Å². The van der Waals surface area contributed by atoms with Crippen LogP contribution in [-0.2, 0) is 4.79 Å². The van der Waals surface area contributed by atoms with Crippen LogP contribution >= 0.6 is 23.2 Å². The summed E-state index contributed by atoms with van der Waals surface area (Å²) in [5.74, 6) is 0.0683. The molecule has 1 aromatic rings. The zero-order valence-corrected chi connectivity index (χ0v) is 14.4. The summed E-state index contributed by atoms with van der Waals surface area (Å²) in [5, 5.41) is 7.10. The second kappa shape index (κ2) is 8.11. The predicted octanol–water partition coefficient (Wildman–Crippen LogP) is 2.25. The van der Waals surface area contributed by atoms with Gasteiger partial charge in [-0.1, -0.05) is 29.3 Å². The van der Waals surface area contributed by atoms with Gasteiger partial charge >= 0.3 is 0 Å². The van der Waals surface area contributed by atoms with Gasteiger partial charge in [0.05, 0.1) is 6.54 Å². The number of halogens is 2. The first-order valence-electron chi connectivity index (χ1n) is 7.50. The summed E-state index contributed by atoms with van der Waals surface area (Å²) in [6, 6.07) is 4.21. The minimum atomic E-state index is 0.0683. The highest BCUT2D eigenvalue weighted by Gasteiger charge is 2.22. The number of rotatable bonds is 5. The molecule has 1 saturated heterocycles. The topological polar surface area (TPSA) is 57.3 Å². The molecule has 2 heterocycles. The Bertz CT molecular complexity index is 518. The molecule has 2 rings (SSSR count). The van der Waals surface area contributed by atoms with Crippen LogP contribution in [0.4, 0.5) is 0 Å². The van der Waals surface area contributed by atoms with Crippen molar-refractivity contribution in [3.05, 3.63) is 28.0 Å². The summed E-state index contributed by atoms with van der Waals surface area (Å²) in [7, 11) is 1.67. The quantitative estimate of drug-likeness (QED) is 0.804. The molecule has 2 N–H and O–H groups in total. The van der Waals surface area contributed by atoms with Crippen molar-refractivity contribution in [2.75, 3.05) is 26.7 Å². The predicted molar refractivity (Wildman–Crippen MR) is 89.3 cm³/mol. The Labute approximate surface area is 141 Å². The number of likely N-dealkylation sites (tertiary alicyclic amines) is 1. The molecule has 122 valence electrons. The molecule has 1 unspecified atom stereocenters. The molecule has 1 aromatic heterocycles.